The van der Waals surface area contributed by atoms with Gasteiger partial charge in [0.15, 0.2) is 11.5 Å². The first-order valence-electron chi connectivity index (χ1n) is 8.90. The van der Waals surface area contributed by atoms with Gasteiger partial charge in [-0.15, -0.1) is 5.10 Å². The van der Waals surface area contributed by atoms with Gasteiger partial charge in [0.05, 0.1) is 25.1 Å². The maximum absolute atomic E-state index is 9.56. The maximum Gasteiger partial charge on any atom is 0.183 e. The lowest BCUT2D eigenvalue weighted by Crippen LogP contribution is -2.44. The van der Waals surface area contributed by atoms with Crippen molar-refractivity contribution >= 4 is 11.3 Å². The largest absolute Gasteiger partial charge is 0.396 e. The molecular formula is C18H24N4O2. The summed E-state index contributed by atoms with van der Waals surface area (Å²) in [5.74, 6) is 1.53. The summed E-state index contributed by atoms with van der Waals surface area (Å²) in [6.07, 6.45) is 5.02. The van der Waals surface area contributed by atoms with E-state index in [1.807, 2.05) is 4.52 Å². The molecule has 1 unspecified atom stereocenters. The summed E-state index contributed by atoms with van der Waals surface area (Å²) >= 11 is 0. The van der Waals surface area contributed by atoms with Gasteiger partial charge in [-0.05, 0) is 43.7 Å². The fraction of sp³-hybridized carbons (Fsp3) is 0.667. The molecule has 0 spiro atoms. The SMILES string of the molecule is Cc1cc(N2CCC(C)C2)cn2nc(C34CC(CO)(CO3)C4)nc12. The molecule has 1 N–H and O–H groups in total. The molecule has 0 aromatic carbocycles. The van der Waals surface area contributed by atoms with Crippen LogP contribution >= 0.6 is 0 Å². The van der Waals surface area contributed by atoms with E-state index in [2.05, 4.69) is 31.0 Å². The molecule has 6 heteroatoms. The number of aromatic nitrogens is 3. The highest BCUT2D eigenvalue weighted by molar-refractivity contribution is 5.57. The number of hydrogen-bond acceptors (Lipinski definition) is 5. The second kappa shape index (κ2) is 4.70. The number of fused-ring (bicyclic) bond motifs is 2. The molecule has 5 heterocycles. The molecule has 3 saturated heterocycles. The second-order valence-corrected chi connectivity index (χ2v) is 8.22. The molecule has 3 aliphatic heterocycles. The van der Waals surface area contributed by atoms with Gasteiger partial charge in [-0.1, -0.05) is 6.92 Å². The van der Waals surface area contributed by atoms with Gasteiger partial charge in [0.2, 0.25) is 0 Å². The summed E-state index contributed by atoms with van der Waals surface area (Å²) in [6, 6.07) is 2.22. The first-order valence-corrected chi connectivity index (χ1v) is 8.90. The molecule has 1 aliphatic carbocycles. The fourth-order valence-electron chi connectivity index (χ4n) is 4.70. The summed E-state index contributed by atoms with van der Waals surface area (Å²) in [5.41, 5.74) is 2.86. The van der Waals surface area contributed by atoms with Crippen molar-refractivity contribution in [2.75, 3.05) is 31.2 Å². The van der Waals surface area contributed by atoms with E-state index in [4.69, 9.17) is 14.8 Å². The van der Waals surface area contributed by atoms with Gasteiger partial charge in [-0.25, -0.2) is 9.50 Å². The Kier molecular flexibility index (Phi) is 2.87. The number of ether oxygens (including phenoxy) is 1. The number of pyridine rings is 1. The molecule has 0 amide bonds. The summed E-state index contributed by atoms with van der Waals surface area (Å²) in [7, 11) is 0. The van der Waals surface area contributed by atoms with Crippen LogP contribution in [-0.2, 0) is 10.3 Å². The predicted molar refractivity (Wildman–Crippen MR) is 90.1 cm³/mol. The fourth-order valence-corrected chi connectivity index (χ4v) is 4.70. The zero-order valence-electron chi connectivity index (χ0n) is 14.3. The van der Waals surface area contributed by atoms with Gasteiger partial charge in [0, 0.05) is 18.5 Å². The van der Waals surface area contributed by atoms with Crippen LogP contribution in [0.3, 0.4) is 0 Å². The lowest BCUT2D eigenvalue weighted by molar-refractivity contribution is -0.0403. The molecule has 2 aromatic heterocycles. The zero-order valence-corrected chi connectivity index (χ0v) is 14.3. The van der Waals surface area contributed by atoms with E-state index in [1.54, 1.807) is 0 Å². The Hall–Kier alpha value is -1.66. The van der Waals surface area contributed by atoms with Crippen molar-refractivity contribution in [1.82, 2.24) is 14.6 Å². The number of aryl methyl sites for hydroxylation is 1. The summed E-state index contributed by atoms with van der Waals surface area (Å²) < 4.78 is 7.91. The predicted octanol–water partition coefficient (Wildman–Crippen LogP) is 1.88. The van der Waals surface area contributed by atoms with Crippen LogP contribution in [0.4, 0.5) is 5.69 Å². The van der Waals surface area contributed by atoms with Gasteiger partial charge in [0.1, 0.15) is 5.60 Å². The molecule has 1 atom stereocenters. The molecule has 4 fully saturated rings. The van der Waals surface area contributed by atoms with Gasteiger partial charge in [-0.3, -0.25) is 0 Å². The Morgan fingerprint density at radius 3 is 2.92 bits per heavy atom. The third kappa shape index (κ3) is 1.90. The molecule has 0 radical (unpaired) electrons. The standard InChI is InChI=1S/C18H24N4O2/c1-12-3-4-21(6-12)14-5-13(2)15-19-16(20-22(15)7-14)18-8-17(9-18,10-23)11-24-18/h5,7,12,23H,3-4,6,8-11H2,1-2H3. The van der Waals surface area contributed by atoms with Crippen LogP contribution in [0.2, 0.25) is 0 Å². The summed E-state index contributed by atoms with van der Waals surface area (Å²) in [5, 5.41) is 14.3. The minimum absolute atomic E-state index is 0.0522. The Labute approximate surface area is 141 Å². The summed E-state index contributed by atoms with van der Waals surface area (Å²) in [4.78, 5) is 7.21. The Bertz CT molecular complexity index is 809. The van der Waals surface area contributed by atoms with E-state index in [0.717, 1.165) is 48.9 Å². The van der Waals surface area contributed by atoms with Crippen LogP contribution < -0.4 is 4.90 Å². The van der Waals surface area contributed by atoms with Crippen LogP contribution in [0.5, 0.6) is 0 Å². The van der Waals surface area contributed by atoms with E-state index in [0.29, 0.717) is 6.61 Å². The topological polar surface area (TPSA) is 62.9 Å². The number of nitrogens with zero attached hydrogens (tertiary/aromatic N) is 4. The van der Waals surface area contributed by atoms with Gasteiger partial charge < -0.3 is 14.7 Å². The maximum atomic E-state index is 9.56. The molecule has 6 nitrogen and oxygen atoms in total. The molecule has 2 aromatic rings. The van der Waals surface area contributed by atoms with Crippen molar-refractivity contribution in [3.63, 3.8) is 0 Å². The van der Waals surface area contributed by atoms with Crippen molar-refractivity contribution < 1.29 is 9.84 Å². The van der Waals surface area contributed by atoms with Crippen molar-refractivity contribution in [2.24, 2.45) is 11.3 Å². The Morgan fingerprint density at radius 1 is 1.42 bits per heavy atom. The lowest BCUT2D eigenvalue weighted by Gasteiger charge is -2.41. The van der Waals surface area contributed by atoms with Crippen molar-refractivity contribution in [1.29, 1.82) is 0 Å². The number of rotatable bonds is 3. The third-order valence-corrected chi connectivity index (χ3v) is 6.11. The highest BCUT2D eigenvalue weighted by atomic mass is 16.5. The molecule has 24 heavy (non-hydrogen) atoms. The molecule has 2 bridgehead atoms. The monoisotopic (exact) mass is 328 g/mol. The van der Waals surface area contributed by atoms with Crippen LogP contribution in [0.25, 0.3) is 5.65 Å². The summed E-state index contributed by atoms with van der Waals surface area (Å²) in [6.45, 7) is 7.44. The molecule has 128 valence electrons. The van der Waals surface area contributed by atoms with Crippen molar-refractivity contribution in [2.45, 2.75) is 38.7 Å². The highest BCUT2D eigenvalue weighted by Crippen LogP contribution is 2.62. The molecule has 1 saturated carbocycles. The number of anilines is 1. The van der Waals surface area contributed by atoms with E-state index >= 15 is 0 Å². The van der Waals surface area contributed by atoms with Crippen molar-refractivity contribution in [3.05, 3.63) is 23.7 Å². The van der Waals surface area contributed by atoms with Crippen LogP contribution in [0.15, 0.2) is 12.3 Å². The van der Waals surface area contributed by atoms with Gasteiger partial charge >= 0.3 is 0 Å². The zero-order chi connectivity index (χ0) is 16.5. The van der Waals surface area contributed by atoms with E-state index in [1.165, 1.54) is 12.1 Å². The Morgan fingerprint density at radius 2 is 2.25 bits per heavy atom. The lowest BCUT2D eigenvalue weighted by atomic mass is 9.62. The third-order valence-electron chi connectivity index (χ3n) is 6.11. The highest BCUT2D eigenvalue weighted by Gasteiger charge is 2.64. The average Bonchev–Trinajstić information content (AvgIpc) is 3.27. The van der Waals surface area contributed by atoms with E-state index in [9.17, 15) is 5.11 Å². The van der Waals surface area contributed by atoms with Crippen LogP contribution in [0, 0.1) is 18.3 Å². The van der Waals surface area contributed by atoms with Crippen molar-refractivity contribution in [3.8, 4) is 0 Å². The van der Waals surface area contributed by atoms with Crippen LogP contribution in [0.1, 0.15) is 37.6 Å². The average molecular weight is 328 g/mol. The number of hydrogen-bond donors (Lipinski definition) is 1. The first kappa shape index (κ1) is 14.7. The first-order chi connectivity index (χ1) is 11.5. The van der Waals surface area contributed by atoms with E-state index < -0.39 is 0 Å². The van der Waals surface area contributed by atoms with Crippen LogP contribution in [-0.4, -0.2) is 46.0 Å². The Balaban J connectivity index is 1.51. The van der Waals surface area contributed by atoms with E-state index in [-0.39, 0.29) is 17.6 Å². The number of aliphatic hydroxyl groups excluding tert-OH is 1. The van der Waals surface area contributed by atoms with Gasteiger partial charge in [-0.2, -0.15) is 0 Å². The number of aliphatic hydroxyl groups is 1. The molecular weight excluding hydrogens is 304 g/mol. The normalized spacial score (nSPS) is 35.0. The molecule has 4 aliphatic rings. The minimum Gasteiger partial charge on any atom is -0.396 e. The quantitative estimate of drug-likeness (QED) is 0.932. The second-order valence-electron chi connectivity index (χ2n) is 8.22. The minimum atomic E-state index is -0.372. The van der Waals surface area contributed by atoms with Gasteiger partial charge in [0.25, 0.3) is 0 Å². The smallest absolute Gasteiger partial charge is 0.183 e. The molecule has 6 rings (SSSR count).